The van der Waals surface area contributed by atoms with Crippen molar-refractivity contribution in [1.29, 1.82) is 0 Å². The van der Waals surface area contributed by atoms with Gasteiger partial charge in [-0.2, -0.15) is 0 Å². The SMILES string of the molecule is C[C@@H](N)c1ccc(Oc2ccccc2CO)c(Cl)c1. The van der Waals surface area contributed by atoms with Crippen LogP contribution in [0.3, 0.4) is 0 Å². The first kappa shape index (κ1) is 13.9. The van der Waals surface area contributed by atoms with Crippen LogP contribution in [0.2, 0.25) is 5.02 Å². The molecule has 0 unspecified atom stereocenters. The van der Waals surface area contributed by atoms with Gasteiger partial charge in [0.15, 0.2) is 0 Å². The van der Waals surface area contributed by atoms with Gasteiger partial charge in [0.05, 0.1) is 11.6 Å². The molecule has 0 amide bonds. The lowest BCUT2D eigenvalue weighted by Crippen LogP contribution is -2.04. The van der Waals surface area contributed by atoms with Crippen molar-refractivity contribution in [2.24, 2.45) is 5.73 Å². The summed E-state index contributed by atoms with van der Waals surface area (Å²) < 4.78 is 5.73. The molecule has 0 aliphatic rings. The van der Waals surface area contributed by atoms with Gasteiger partial charge in [-0.25, -0.2) is 0 Å². The lowest BCUT2D eigenvalue weighted by atomic mass is 10.1. The highest BCUT2D eigenvalue weighted by atomic mass is 35.5. The van der Waals surface area contributed by atoms with Gasteiger partial charge in [-0.05, 0) is 30.7 Å². The van der Waals surface area contributed by atoms with E-state index < -0.39 is 0 Å². The van der Waals surface area contributed by atoms with E-state index in [0.717, 1.165) is 11.1 Å². The molecule has 0 radical (unpaired) electrons. The zero-order valence-corrected chi connectivity index (χ0v) is 11.4. The van der Waals surface area contributed by atoms with Gasteiger partial charge in [0, 0.05) is 11.6 Å². The highest BCUT2D eigenvalue weighted by Gasteiger charge is 2.09. The molecule has 3 nitrogen and oxygen atoms in total. The van der Waals surface area contributed by atoms with E-state index >= 15 is 0 Å². The summed E-state index contributed by atoms with van der Waals surface area (Å²) in [6.45, 7) is 1.82. The lowest BCUT2D eigenvalue weighted by molar-refractivity contribution is 0.276. The molecule has 19 heavy (non-hydrogen) atoms. The minimum Gasteiger partial charge on any atom is -0.455 e. The quantitative estimate of drug-likeness (QED) is 0.897. The molecular formula is C15H16ClNO2. The molecule has 3 N–H and O–H groups in total. The number of ether oxygens (including phenoxy) is 1. The van der Waals surface area contributed by atoms with Crippen molar-refractivity contribution >= 4 is 11.6 Å². The van der Waals surface area contributed by atoms with Crippen LogP contribution in [-0.2, 0) is 6.61 Å². The van der Waals surface area contributed by atoms with Crippen LogP contribution in [0.4, 0.5) is 0 Å². The second-order valence-electron chi connectivity index (χ2n) is 4.35. The minimum atomic E-state index is -0.0777. The number of aliphatic hydroxyl groups is 1. The molecule has 1 atom stereocenters. The number of hydrogen-bond donors (Lipinski definition) is 2. The summed E-state index contributed by atoms with van der Waals surface area (Å²) in [5.74, 6) is 1.15. The number of hydrogen-bond acceptors (Lipinski definition) is 3. The third-order valence-corrected chi connectivity index (χ3v) is 3.14. The smallest absolute Gasteiger partial charge is 0.146 e. The maximum atomic E-state index is 9.25. The Morgan fingerprint density at radius 2 is 1.95 bits per heavy atom. The van der Waals surface area contributed by atoms with Gasteiger partial charge < -0.3 is 15.6 Å². The van der Waals surface area contributed by atoms with Crippen LogP contribution in [0.25, 0.3) is 0 Å². The van der Waals surface area contributed by atoms with Gasteiger partial charge in [-0.15, -0.1) is 0 Å². The van der Waals surface area contributed by atoms with E-state index in [0.29, 0.717) is 16.5 Å². The molecule has 0 aromatic heterocycles. The maximum absolute atomic E-state index is 9.25. The van der Waals surface area contributed by atoms with Gasteiger partial charge in [0.25, 0.3) is 0 Å². The third kappa shape index (κ3) is 3.26. The van der Waals surface area contributed by atoms with Crippen molar-refractivity contribution in [3.8, 4) is 11.5 Å². The van der Waals surface area contributed by atoms with Crippen molar-refractivity contribution in [3.05, 3.63) is 58.6 Å². The summed E-state index contributed by atoms with van der Waals surface area (Å²) in [7, 11) is 0. The van der Waals surface area contributed by atoms with Crippen molar-refractivity contribution in [3.63, 3.8) is 0 Å². The Morgan fingerprint density at radius 3 is 2.58 bits per heavy atom. The Labute approximate surface area is 117 Å². The monoisotopic (exact) mass is 277 g/mol. The van der Waals surface area contributed by atoms with E-state index in [1.807, 2.05) is 25.1 Å². The Hall–Kier alpha value is -1.55. The maximum Gasteiger partial charge on any atom is 0.146 e. The molecule has 2 rings (SSSR count). The summed E-state index contributed by atoms with van der Waals surface area (Å²) in [5.41, 5.74) is 7.47. The first-order valence-corrected chi connectivity index (χ1v) is 6.41. The van der Waals surface area contributed by atoms with E-state index in [4.69, 9.17) is 22.1 Å². The van der Waals surface area contributed by atoms with Crippen LogP contribution in [0.15, 0.2) is 42.5 Å². The summed E-state index contributed by atoms with van der Waals surface area (Å²) in [5, 5.41) is 9.76. The first-order valence-electron chi connectivity index (χ1n) is 6.03. The molecule has 0 bridgehead atoms. The van der Waals surface area contributed by atoms with Gasteiger partial charge in [-0.1, -0.05) is 35.9 Å². The summed E-state index contributed by atoms with van der Waals surface area (Å²) in [6, 6.07) is 12.7. The number of aliphatic hydroxyl groups excluding tert-OH is 1. The predicted octanol–water partition coefficient (Wildman–Crippen LogP) is 3.64. The molecule has 0 aliphatic heterocycles. The van der Waals surface area contributed by atoms with Crippen LogP contribution in [0, 0.1) is 0 Å². The van der Waals surface area contributed by atoms with Gasteiger partial charge in [0.1, 0.15) is 11.5 Å². The molecule has 0 spiro atoms. The van der Waals surface area contributed by atoms with Gasteiger partial charge in [-0.3, -0.25) is 0 Å². The van der Waals surface area contributed by atoms with E-state index in [9.17, 15) is 5.11 Å². The zero-order valence-electron chi connectivity index (χ0n) is 10.6. The molecule has 4 heteroatoms. The fourth-order valence-corrected chi connectivity index (χ4v) is 1.96. The number of rotatable bonds is 4. The number of benzene rings is 2. The summed E-state index contributed by atoms with van der Waals surface area (Å²) >= 11 is 6.18. The van der Waals surface area contributed by atoms with E-state index in [2.05, 4.69) is 0 Å². The average Bonchev–Trinajstić information content (AvgIpc) is 2.41. The topological polar surface area (TPSA) is 55.5 Å². The van der Waals surface area contributed by atoms with Gasteiger partial charge in [0.2, 0.25) is 0 Å². The van der Waals surface area contributed by atoms with Crippen LogP contribution >= 0.6 is 11.6 Å². The van der Waals surface area contributed by atoms with Gasteiger partial charge >= 0.3 is 0 Å². The van der Waals surface area contributed by atoms with Crippen LogP contribution in [-0.4, -0.2) is 5.11 Å². The van der Waals surface area contributed by atoms with Crippen LogP contribution < -0.4 is 10.5 Å². The second-order valence-corrected chi connectivity index (χ2v) is 4.75. The predicted molar refractivity (Wildman–Crippen MR) is 76.5 cm³/mol. The molecule has 100 valence electrons. The van der Waals surface area contributed by atoms with E-state index in [1.54, 1.807) is 24.3 Å². The largest absolute Gasteiger partial charge is 0.455 e. The molecule has 0 aliphatic carbocycles. The van der Waals surface area contributed by atoms with E-state index in [1.165, 1.54) is 0 Å². The normalized spacial score (nSPS) is 12.2. The van der Waals surface area contributed by atoms with Crippen molar-refractivity contribution in [2.75, 3.05) is 0 Å². The molecule has 0 heterocycles. The molecule has 2 aromatic rings. The number of nitrogens with two attached hydrogens (primary N) is 1. The summed E-state index contributed by atoms with van der Waals surface area (Å²) in [4.78, 5) is 0. The van der Waals surface area contributed by atoms with Crippen molar-refractivity contribution in [1.82, 2.24) is 0 Å². The highest BCUT2D eigenvalue weighted by Crippen LogP contribution is 2.32. The van der Waals surface area contributed by atoms with Crippen molar-refractivity contribution < 1.29 is 9.84 Å². The molecule has 2 aromatic carbocycles. The molecular weight excluding hydrogens is 262 g/mol. The van der Waals surface area contributed by atoms with E-state index in [-0.39, 0.29) is 12.6 Å². The van der Waals surface area contributed by atoms with Crippen LogP contribution in [0.1, 0.15) is 24.1 Å². The summed E-state index contributed by atoms with van der Waals surface area (Å²) in [6.07, 6.45) is 0. The molecule has 0 fully saturated rings. The third-order valence-electron chi connectivity index (χ3n) is 2.84. The second kappa shape index (κ2) is 6.06. The van der Waals surface area contributed by atoms with Crippen molar-refractivity contribution in [2.45, 2.75) is 19.6 Å². The number of halogens is 1. The average molecular weight is 278 g/mol. The fraction of sp³-hybridized carbons (Fsp3) is 0.200. The van der Waals surface area contributed by atoms with Crippen LogP contribution in [0.5, 0.6) is 11.5 Å². The molecule has 0 saturated carbocycles. The zero-order chi connectivity index (χ0) is 13.8. The first-order chi connectivity index (χ1) is 9.11. The Kier molecular flexibility index (Phi) is 4.43. The highest BCUT2D eigenvalue weighted by molar-refractivity contribution is 6.32. The number of para-hydroxylation sites is 1. The minimum absolute atomic E-state index is 0.0729. The Morgan fingerprint density at radius 1 is 1.21 bits per heavy atom. The fourth-order valence-electron chi connectivity index (χ4n) is 1.74. The lowest BCUT2D eigenvalue weighted by Gasteiger charge is -2.12. The molecule has 0 saturated heterocycles. The Bertz CT molecular complexity index is 570. The standard InChI is InChI=1S/C15H16ClNO2/c1-10(17)11-6-7-15(13(16)8-11)19-14-5-3-2-4-12(14)9-18/h2-8,10,18H,9,17H2,1H3/t10-/m1/s1. The Balaban J connectivity index is 2.28.